The fourth-order valence-electron chi connectivity index (χ4n) is 1.80. The topological polar surface area (TPSA) is 41.0 Å². The summed E-state index contributed by atoms with van der Waals surface area (Å²) >= 11 is 5.70. The van der Waals surface area contributed by atoms with Crippen molar-refractivity contribution < 1.29 is 0 Å². The van der Waals surface area contributed by atoms with E-state index in [4.69, 9.17) is 11.6 Å². The first kappa shape index (κ1) is 11.6. The monoisotopic (exact) mass is 240 g/mol. The Morgan fingerprint density at radius 2 is 2.38 bits per heavy atom. The minimum Gasteiger partial charge on any atom is -0.369 e. The molecule has 0 unspecified atom stereocenters. The van der Waals surface area contributed by atoms with E-state index in [2.05, 4.69) is 27.1 Å². The zero-order valence-electron chi connectivity index (χ0n) is 9.49. The summed E-state index contributed by atoms with van der Waals surface area (Å²) in [6, 6.07) is 2.65. The Labute approximate surface area is 101 Å². The van der Waals surface area contributed by atoms with E-state index >= 15 is 0 Å². The maximum absolute atomic E-state index is 5.70. The first-order chi connectivity index (χ1) is 7.79. The average molecular weight is 241 g/mol. The zero-order chi connectivity index (χ0) is 11.4. The lowest BCUT2D eigenvalue weighted by Gasteiger charge is -2.19. The molecule has 1 aromatic heterocycles. The molecule has 2 rings (SSSR count). The largest absolute Gasteiger partial charge is 0.369 e. The number of rotatable bonds is 6. The summed E-state index contributed by atoms with van der Waals surface area (Å²) in [4.78, 5) is 10.4. The van der Waals surface area contributed by atoms with Gasteiger partial charge in [0.2, 0.25) is 5.28 Å². The van der Waals surface area contributed by atoms with Crippen LogP contribution in [-0.4, -0.2) is 40.5 Å². The van der Waals surface area contributed by atoms with Crippen molar-refractivity contribution in [3.8, 4) is 0 Å². The second-order valence-corrected chi connectivity index (χ2v) is 4.34. The highest BCUT2D eigenvalue weighted by atomic mass is 35.5. The summed E-state index contributed by atoms with van der Waals surface area (Å²) in [5.41, 5.74) is 0. The van der Waals surface area contributed by atoms with Crippen LogP contribution in [0.15, 0.2) is 12.3 Å². The number of hydrogen-bond donors (Lipinski definition) is 1. The standard InChI is InChI=1S/C11H17ClN4/c1-2-16(9-3-4-9)8-7-13-10-5-6-14-11(12)15-10/h5-6,9H,2-4,7-8H2,1H3,(H,13,14,15). The van der Waals surface area contributed by atoms with Crippen LogP contribution in [0.5, 0.6) is 0 Å². The molecule has 0 bridgehead atoms. The molecule has 0 saturated heterocycles. The van der Waals surface area contributed by atoms with Crippen LogP contribution >= 0.6 is 11.6 Å². The van der Waals surface area contributed by atoms with Crippen molar-refractivity contribution in [2.24, 2.45) is 0 Å². The van der Waals surface area contributed by atoms with Gasteiger partial charge in [-0.1, -0.05) is 6.92 Å². The van der Waals surface area contributed by atoms with Gasteiger partial charge in [0, 0.05) is 25.3 Å². The Kier molecular flexibility index (Phi) is 3.96. The van der Waals surface area contributed by atoms with E-state index in [0.29, 0.717) is 5.28 Å². The van der Waals surface area contributed by atoms with Gasteiger partial charge in [-0.2, -0.15) is 0 Å². The molecule has 1 N–H and O–H groups in total. The molecule has 0 atom stereocenters. The van der Waals surface area contributed by atoms with E-state index < -0.39 is 0 Å². The summed E-state index contributed by atoms with van der Waals surface area (Å²) in [5.74, 6) is 0.798. The predicted molar refractivity (Wildman–Crippen MR) is 65.8 cm³/mol. The molecule has 0 aromatic carbocycles. The van der Waals surface area contributed by atoms with Crippen LogP contribution < -0.4 is 5.32 Å². The van der Waals surface area contributed by atoms with Crippen molar-refractivity contribution in [1.29, 1.82) is 0 Å². The first-order valence-electron chi connectivity index (χ1n) is 5.76. The third kappa shape index (κ3) is 3.32. The number of nitrogens with zero attached hydrogens (tertiary/aromatic N) is 3. The summed E-state index contributed by atoms with van der Waals surface area (Å²) < 4.78 is 0. The van der Waals surface area contributed by atoms with Crippen molar-refractivity contribution in [3.05, 3.63) is 17.5 Å². The highest BCUT2D eigenvalue weighted by Crippen LogP contribution is 2.25. The molecule has 1 heterocycles. The van der Waals surface area contributed by atoms with E-state index in [1.54, 1.807) is 6.20 Å². The number of aromatic nitrogens is 2. The van der Waals surface area contributed by atoms with Gasteiger partial charge >= 0.3 is 0 Å². The summed E-state index contributed by atoms with van der Waals surface area (Å²) in [6.07, 6.45) is 4.37. The van der Waals surface area contributed by atoms with Crippen LogP contribution in [0.1, 0.15) is 19.8 Å². The van der Waals surface area contributed by atoms with Gasteiger partial charge in [-0.15, -0.1) is 0 Å². The van der Waals surface area contributed by atoms with E-state index in [-0.39, 0.29) is 0 Å². The van der Waals surface area contributed by atoms with Gasteiger partial charge in [-0.05, 0) is 37.1 Å². The third-order valence-electron chi connectivity index (χ3n) is 2.80. The smallest absolute Gasteiger partial charge is 0.224 e. The van der Waals surface area contributed by atoms with E-state index in [1.165, 1.54) is 12.8 Å². The van der Waals surface area contributed by atoms with Crippen molar-refractivity contribution >= 4 is 17.4 Å². The summed E-state index contributed by atoms with van der Waals surface area (Å²) in [6.45, 7) is 5.29. The maximum atomic E-state index is 5.70. The van der Waals surface area contributed by atoms with Crippen LogP contribution in [-0.2, 0) is 0 Å². The molecule has 4 nitrogen and oxygen atoms in total. The zero-order valence-corrected chi connectivity index (χ0v) is 10.2. The van der Waals surface area contributed by atoms with Crippen molar-refractivity contribution in [1.82, 2.24) is 14.9 Å². The molecular formula is C11H17ClN4. The highest BCUT2D eigenvalue weighted by molar-refractivity contribution is 6.28. The lowest BCUT2D eigenvalue weighted by molar-refractivity contribution is 0.289. The van der Waals surface area contributed by atoms with E-state index in [1.807, 2.05) is 6.07 Å². The first-order valence-corrected chi connectivity index (χ1v) is 6.14. The van der Waals surface area contributed by atoms with Gasteiger partial charge < -0.3 is 5.32 Å². The molecule has 1 saturated carbocycles. The van der Waals surface area contributed by atoms with Crippen LogP contribution in [0.3, 0.4) is 0 Å². The molecule has 1 aliphatic rings. The second-order valence-electron chi connectivity index (χ2n) is 4.00. The highest BCUT2D eigenvalue weighted by Gasteiger charge is 2.26. The second kappa shape index (κ2) is 5.46. The Bertz CT molecular complexity index is 341. The normalized spacial score (nSPS) is 15.4. The minimum absolute atomic E-state index is 0.291. The van der Waals surface area contributed by atoms with Gasteiger partial charge in [0.25, 0.3) is 0 Å². The van der Waals surface area contributed by atoms with Crippen LogP contribution in [0.2, 0.25) is 5.28 Å². The molecule has 0 aliphatic heterocycles. The number of halogens is 1. The molecule has 1 aliphatic carbocycles. The van der Waals surface area contributed by atoms with Gasteiger partial charge in [0.05, 0.1) is 0 Å². The number of hydrogen-bond acceptors (Lipinski definition) is 4. The summed E-state index contributed by atoms with van der Waals surface area (Å²) in [7, 11) is 0. The molecule has 1 aromatic rings. The van der Waals surface area contributed by atoms with E-state index in [9.17, 15) is 0 Å². The Balaban J connectivity index is 1.74. The fourth-order valence-corrected chi connectivity index (χ4v) is 1.95. The molecular weight excluding hydrogens is 224 g/mol. The van der Waals surface area contributed by atoms with Crippen LogP contribution in [0.4, 0.5) is 5.82 Å². The SMILES string of the molecule is CCN(CCNc1ccnc(Cl)n1)C1CC1. The molecule has 0 amide bonds. The molecule has 88 valence electrons. The number of nitrogens with one attached hydrogen (secondary N) is 1. The van der Waals surface area contributed by atoms with Crippen LogP contribution in [0.25, 0.3) is 0 Å². The Hall–Kier alpha value is -0.870. The number of likely N-dealkylation sites (N-methyl/N-ethyl adjacent to an activating group) is 1. The van der Waals surface area contributed by atoms with Crippen molar-refractivity contribution in [2.45, 2.75) is 25.8 Å². The Morgan fingerprint density at radius 3 is 3.00 bits per heavy atom. The average Bonchev–Trinajstić information content (AvgIpc) is 3.08. The fraction of sp³-hybridized carbons (Fsp3) is 0.636. The summed E-state index contributed by atoms with van der Waals surface area (Å²) in [5, 5.41) is 3.55. The molecule has 16 heavy (non-hydrogen) atoms. The molecule has 0 radical (unpaired) electrons. The van der Waals surface area contributed by atoms with E-state index in [0.717, 1.165) is 31.5 Å². The lowest BCUT2D eigenvalue weighted by atomic mass is 10.4. The third-order valence-corrected chi connectivity index (χ3v) is 2.98. The molecule has 0 spiro atoms. The Morgan fingerprint density at radius 1 is 1.56 bits per heavy atom. The van der Waals surface area contributed by atoms with Gasteiger partial charge in [-0.3, -0.25) is 4.90 Å². The lowest BCUT2D eigenvalue weighted by Crippen LogP contribution is -2.31. The minimum atomic E-state index is 0.291. The van der Waals surface area contributed by atoms with Crippen LogP contribution in [0, 0.1) is 0 Å². The number of anilines is 1. The maximum Gasteiger partial charge on any atom is 0.224 e. The van der Waals surface area contributed by atoms with Crippen molar-refractivity contribution in [3.63, 3.8) is 0 Å². The predicted octanol–water partition coefficient (Wildman–Crippen LogP) is 2.03. The molecule has 5 heteroatoms. The van der Waals surface area contributed by atoms with Gasteiger partial charge in [-0.25, -0.2) is 9.97 Å². The molecule has 1 fully saturated rings. The van der Waals surface area contributed by atoms with Gasteiger partial charge in [0.1, 0.15) is 5.82 Å². The quantitative estimate of drug-likeness (QED) is 0.773. The van der Waals surface area contributed by atoms with Gasteiger partial charge in [0.15, 0.2) is 0 Å². The van der Waals surface area contributed by atoms with Crippen molar-refractivity contribution in [2.75, 3.05) is 25.0 Å².